The third-order valence-electron chi connectivity index (χ3n) is 3.33. The fraction of sp³-hybridized carbons (Fsp3) is 0.714. The van der Waals surface area contributed by atoms with Crippen LogP contribution in [0.3, 0.4) is 0 Å². The lowest BCUT2D eigenvalue weighted by atomic mass is 9.81. The van der Waals surface area contributed by atoms with E-state index in [1.54, 1.807) is 0 Å². The molecule has 0 saturated carbocycles. The Labute approximate surface area is 116 Å². The molecule has 0 saturated heterocycles. The van der Waals surface area contributed by atoms with Gasteiger partial charge in [-0.2, -0.15) is 12.6 Å². The molecule has 0 aromatic carbocycles. The van der Waals surface area contributed by atoms with Gasteiger partial charge in [0.1, 0.15) is 0 Å². The van der Waals surface area contributed by atoms with Gasteiger partial charge in [-0.3, -0.25) is 4.90 Å². The summed E-state index contributed by atoms with van der Waals surface area (Å²) in [5.41, 5.74) is 0.338. The highest BCUT2D eigenvalue weighted by Gasteiger charge is 2.25. The highest BCUT2D eigenvalue weighted by atomic mass is 32.1. The first-order chi connectivity index (χ1) is 7.97. The van der Waals surface area contributed by atoms with E-state index in [0.717, 1.165) is 25.4 Å². The fourth-order valence-electron chi connectivity index (χ4n) is 1.85. The zero-order valence-corrected chi connectivity index (χ0v) is 13.2. The standard InChI is InChI=1S/C14H25NS2/c1-5-15(10-13-7-6-8-17-13)9-12(11-16)14(2,3)4/h6-8,12,16H,5,9-11H2,1-4H3. The second kappa shape index (κ2) is 6.81. The Balaban J connectivity index is 2.56. The third-order valence-corrected chi connectivity index (χ3v) is 4.63. The molecule has 3 heteroatoms. The van der Waals surface area contributed by atoms with E-state index < -0.39 is 0 Å². The predicted octanol–water partition coefficient (Wildman–Crippen LogP) is 4.16. The largest absolute Gasteiger partial charge is 0.298 e. The summed E-state index contributed by atoms with van der Waals surface area (Å²) in [5.74, 6) is 1.61. The predicted molar refractivity (Wildman–Crippen MR) is 82.1 cm³/mol. The first-order valence-corrected chi connectivity index (χ1v) is 7.84. The van der Waals surface area contributed by atoms with Crippen LogP contribution in [-0.4, -0.2) is 23.7 Å². The second-order valence-electron chi connectivity index (χ2n) is 5.65. The van der Waals surface area contributed by atoms with Crippen molar-refractivity contribution in [2.75, 3.05) is 18.8 Å². The van der Waals surface area contributed by atoms with E-state index in [0.29, 0.717) is 11.3 Å². The average Bonchev–Trinajstić information content (AvgIpc) is 2.74. The van der Waals surface area contributed by atoms with Gasteiger partial charge in [0.25, 0.3) is 0 Å². The van der Waals surface area contributed by atoms with Crippen LogP contribution in [0.15, 0.2) is 17.5 Å². The van der Waals surface area contributed by atoms with Gasteiger partial charge in [0.2, 0.25) is 0 Å². The van der Waals surface area contributed by atoms with Crippen LogP contribution in [0.4, 0.5) is 0 Å². The van der Waals surface area contributed by atoms with Crippen molar-refractivity contribution in [2.24, 2.45) is 11.3 Å². The molecule has 0 aliphatic heterocycles. The summed E-state index contributed by atoms with van der Waals surface area (Å²) >= 11 is 6.36. The first-order valence-electron chi connectivity index (χ1n) is 6.33. The second-order valence-corrected chi connectivity index (χ2v) is 7.05. The fourth-order valence-corrected chi connectivity index (χ4v) is 3.25. The minimum atomic E-state index is 0.338. The van der Waals surface area contributed by atoms with E-state index in [1.807, 2.05) is 11.3 Å². The molecule has 0 bridgehead atoms. The third kappa shape index (κ3) is 5.02. The molecular formula is C14H25NS2. The molecule has 0 spiro atoms. The van der Waals surface area contributed by atoms with Crippen molar-refractivity contribution in [1.82, 2.24) is 4.90 Å². The van der Waals surface area contributed by atoms with Crippen molar-refractivity contribution in [2.45, 2.75) is 34.2 Å². The van der Waals surface area contributed by atoms with Crippen LogP contribution >= 0.6 is 24.0 Å². The summed E-state index contributed by atoms with van der Waals surface area (Å²) in [6, 6.07) is 4.35. The highest BCUT2D eigenvalue weighted by Crippen LogP contribution is 2.28. The van der Waals surface area contributed by atoms with Gasteiger partial charge in [-0.05, 0) is 35.1 Å². The number of thiophene rings is 1. The van der Waals surface area contributed by atoms with Gasteiger partial charge in [-0.25, -0.2) is 0 Å². The first kappa shape index (κ1) is 15.1. The van der Waals surface area contributed by atoms with E-state index in [4.69, 9.17) is 0 Å². The molecule has 1 nitrogen and oxygen atoms in total. The smallest absolute Gasteiger partial charge is 0.0327 e. The van der Waals surface area contributed by atoms with Gasteiger partial charge in [-0.1, -0.05) is 33.8 Å². The molecule has 1 unspecified atom stereocenters. The van der Waals surface area contributed by atoms with Gasteiger partial charge >= 0.3 is 0 Å². The van der Waals surface area contributed by atoms with E-state index in [1.165, 1.54) is 4.88 Å². The Morgan fingerprint density at radius 3 is 2.53 bits per heavy atom. The summed E-state index contributed by atoms with van der Waals surface area (Å²) < 4.78 is 0. The molecule has 0 radical (unpaired) electrons. The zero-order chi connectivity index (χ0) is 12.9. The monoisotopic (exact) mass is 271 g/mol. The molecule has 17 heavy (non-hydrogen) atoms. The molecule has 0 fully saturated rings. The summed E-state index contributed by atoms with van der Waals surface area (Å²) in [5, 5.41) is 2.16. The summed E-state index contributed by atoms with van der Waals surface area (Å²) in [7, 11) is 0. The van der Waals surface area contributed by atoms with E-state index in [-0.39, 0.29) is 0 Å². The lowest BCUT2D eigenvalue weighted by molar-refractivity contribution is 0.166. The normalized spacial score (nSPS) is 14.2. The Hall–Kier alpha value is 0.01000. The minimum Gasteiger partial charge on any atom is -0.298 e. The van der Waals surface area contributed by atoms with Crippen molar-refractivity contribution in [3.05, 3.63) is 22.4 Å². The van der Waals surface area contributed by atoms with Crippen LogP contribution in [0, 0.1) is 11.3 Å². The molecule has 1 heterocycles. The molecule has 1 aromatic rings. The molecule has 98 valence electrons. The van der Waals surface area contributed by atoms with Gasteiger partial charge < -0.3 is 0 Å². The van der Waals surface area contributed by atoms with Crippen LogP contribution < -0.4 is 0 Å². The number of hydrogen-bond donors (Lipinski definition) is 1. The maximum atomic E-state index is 4.51. The van der Waals surface area contributed by atoms with Crippen molar-refractivity contribution in [3.63, 3.8) is 0 Å². The summed E-state index contributed by atoms with van der Waals surface area (Å²) in [4.78, 5) is 3.98. The Kier molecular flexibility index (Phi) is 6.04. The summed E-state index contributed by atoms with van der Waals surface area (Å²) in [6.45, 7) is 12.5. The molecule has 0 N–H and O–H groups in total. The van der Waals surface area contributed by atoms with Gasteiger partial charge in [-0.15, -0.1) is 11.3 Å². The van der Waals surface area contributed by atoms with Crippen molar-refractivity contribution < 1.29 is 0 Å². The topological polar surface area (TPSA) is 3.24 Å². The molecule has 1 rings (SSSR count). The number of thiol groups is 1. The van der Waals surface area contributed by atoms with E-state index in [2.05, 4.69) is 62.7 Å². The van der Waals surface area contributed by atoms with Crippen molar-refractivity contribution >= 4 is 24.0 Å². The zero-order valence-electron chi connectivity index (χ0n) is 11.4. The molecular weight excluding hydrogens is 246 g/mol. The maximum Gasteiger partial charge on any atom is 0.0327 e. The quantitative estimate of drug-likeness (QED) is 0.760. The minimum absolute atomic E-state index is 0.338. The number of nitrogens with zero attached hydrogens (tertiary/aromatic N) is 1. The van der Waals surface area contributed by atoms with E-state index >= 15 is 0 Å². The van der Waals surface area contributed by atoms with Crippen LogP contribution in [-0.2, 0) is 6.54 Å². The summed E-state index contributed by atoms with van der Waals surface area (Å²) in [6.07, 6.45) is 0. The van der Waals surface area contributed by atoms with Crippen LogP contribution in [0.5, 0.6) is 0 Å². The lowest BCUT2D eigenvalue weighted by Gasteiger charge is -2.34. The Morgan fingerprint density at radius 1 is 1.41 bits per heavy atom. The Bertz CT molecular complexity index is 301. The Morgan fingerprint density at radius 2 is 2.12 bits per heavy atom. The van der Waals surface area contributed by atoms with Crippen molar-refractivity contribution in [1.29, 1.82) is 0 Å². The molecule has 1 aromatic heterocycles. The van der Waals surface area contributed by atoms with Crippen LogP contribution in [0.1, 0.15) is 32.6 Å². The molecule has 0 amide bonds. The molecule has 1 atom stereocenters. The van der Waals surface area contributed by atoms with Gasteiger partial charge in [0.05, 0.1) is 0 Å². The molecule has 0 aliphatic rings. The van der Waals surface area contributed by atoms with Gasteiger partial charge in [0, 0.05) is 18.0 Å². The average molecular weight is 271 g/mol. The van der Waals surface area contributed by atoms with E-state index in [9.17, 15) is 0 Å². The van der Waals surface area contributed by atoms with Gasteiger partial charge in [0.15, 0.2) is 0 Å². The lowest BCUT2D eigenvalue weighted by Crippen LogP contribution is -2.36. The van der Waals surface area contributed by atoms with Crippen LogP contribution in [0.25, 0.3) is 0 Å². The number of rotatable bonds is 6. The van der Waals surface area contributed by atoms with Crippen LogP contribution in [0.2, 0.25) is 0 Å². The molecule has 0 aliphatic carbocycles. The van der Waals surface area contributed by atoms with Crippen molar-refractivity contribution in [3.8, 4) is 0 Å². The number of hydrogen-bond acceptors (Lipinski definition) is 3. The SMILES string of the molecule is CCN(Cc1cccs1)CC(CS)C(C)(C)C. The maximum absolute atomic E-state index is 4.51. The highest BCUT2D eigenvalue weighted by molar-refractivity contribution is 7.80.